The van der Waals surface area contributed by atoms with Gasteiger partial charge in [-0.15, -0.1) is 0 Å². The van der Waals surface area contributed by atoms with Crippen molar-refractivity contribution < 1.29 is 18.7 Å². The van der Waals surface area contributed by atoms with Gasteiger partial charge in [-0.1, -0.05) is 23.7 Å². The van der Waals surface area contributed by atoms with Crippen molar-refractivity contribution in [2.24, 2.45) is 16.1 Å². The fraction of sp³-hybridized carbons (Fsp3) is 0.259. The quantitative estimate of drug-likeness (QED) is 0.258. The van der Waals surface area contributed by atoms with Gasteiger partial charge in [-0.25, -0.2) is 18.6 Å². The van der Waals surface area contributed by atoms with Crippen LogP contribution < -0.4 is 5.73 Å². The number of carboxylic acids is 1. The highest BCUT2D eigenvalue weighted by Gasteiger charge is 2.46. The molecule has 2 aromatic carbocycles. The molecule has 0 radical (unpaired) electrons. The van der Waals surface area contributed by atoms with E-state index in [1.165, 1.54) is 37.4 Å². The lowest BCUT2D eigenvalue weighted by Gasteiger charge is -2.20. The monoisotopic (exact) mass is 508 g/mol. The highest BCUT2D eigenvalue weighted by atomic mass is 35.5. The summed E-state index contributed by atoms with van der Waals surface area (Å²) in [6.07, 6.45) is 1.90. The van der Waals surface area contributed by atoms with E-state index in [2.05, 4.69) is 16.0 Å². The first-order valence-corrected chi connectivity index (χ1v) is 11.7. The van der Waals surface area contributed by atoms with Crippen LogP contribution in [0.4, 0.5) is 14.5 Å². The number of aromatic nitrogens is 1. The number of hydrogen-bond acceptors (Lipinski definition) is 4. The average Bonchev–Trinajstić information content (AvgIpc) is 3.64. The number of carboxylic acid groups (broad SMARTS) is 1. The van der Waals surface area contributed by atoms with Gasteiger partial charge in [0.1, 0.15) is 17.8 Å². The number of aliphatic imine (C=N–C) groups is 1. The summed E-state index contributed by atoms with van der Waals surface area (Å²) in [6, 6.07) is 14.4. The summed E-state index contributed by atoms with van der Waals surface area (Å²) in [7, 11) is 0. The molecular weight excluding hydrogens is 486 g/mol. The third-order valence-electron chi connectivity index (χ3n) is 6.40. The summed E-state index contributed by atoms with van der Waals surface area (Å²) in [5, 5.41) is 18.6. The van der Waals surface area contributed by atoms with Crippen LogP contribution in [0.15, 0.2) is 59.7 Å². The molecule has 36 heavy (non-hydrogen) atoms. The first-order chi connectivity index (χ1) is 17.1. The Kier molecular flexibility index (Phi) is 7.04. The number of alkyl halides is 1. The van der Waals surface area contributed by atoms with Crippen molar-refractivity contribution in [1.82, 2.24) is 4.98 Å². The number of benzene rings is 2. The lowest BCUT2D eigenvalue weighted by Crippen LogP contribution is -2.25. The molecule has 1 aliphatic carbocycles. The molecule has 0 saturated heterocycles. The van der Waals surface area contributed by atoms with Gasteiger partial charge >= 0.3 is 5.97 Å². The molecule has 2 unspecified atom stereocenters. The van der Waals surface area contributed by atoms with Crippen LogP contribution in [0.3, 0.4) is 0 Å². The van der Waals surface area contributed by atoms with Crippen molar-refractivity contribution in [3.63, 3.8) is 0 Å². The molecule has 3 aromatic rings. The van der Waals surface area contributed by atoms with Crippen molar-refractivity contribution in [2.45, 2.75) is 38.3 Å². The summed E-state index contributed by atoms with van der Waals surface area (Å²) in [6.45, 7) is 1.32. The van der Waals surface area contributed by atoms with E-state index in [1.54, 1.807) is 24.3 Å². The fourth-order valence-corrected chi connectivity index (χ4v) is 4.28. The zero-order valence-electron chi connectivity index (χ0n) is 19.4. The first-order valence-electron chi connectivity index (χ1n) is 11.3. The molecule has 1 saturated carbocycles. The van der Waals surface area contributed by atoms with Crippen LogP contribution in [0, 0.1) is 22.6 Å². The molecule has 2 atom stereocenters. The van der Waals surface area contributed by atoms with E-state index in [0.29, 0.717) is 23.4 Å². The van der Waals surface area contributed by atoms with E-state index in [0.717, 1.165) is 12.8 Å². The first kappa shape index (κ1) is 25.3. The number of nitrogens with zero attached hydrogens (tertiary/aromatic N) is 3. The normalized spacial score (nSPS) is 16.1. The molecule has 6 nitrogen and oxygen atoms in total. The van der Waals surface area contributed by atoms with E-state index in [1.807, 2.05) is 0 Å². The van der Waals surface area contributed by atoms with Crippen molar-refractivity contribution in [2.75, 3.05) is 0 Å². The molecule has 0 bridgehead atoms. The summed E-state index contributed by atoms with van der Waals surface area (Å²) in [5.41, 5.74) is 7.54. The molecular formula is C27H23ClF2N4O2. The second-order valence-corrected chi connectivity index (χ2v) is 9.36. The van der Waals surface area contributed by atoms with Crippen LogP contribution in [0.5, 0.6) is 0 Å². The Labute approximate surface area is 212 Å². The second-order valence-electron chi connectivity index (χ2n) is 8.95. The molecule has 3 N–H and O–H groups in total. The minimum absolute atomic E-state index is 0.0453. The zero-order valence-corrected chi connectivity index (χ0v) is 20.1. The maximum absolute atomic E-state index is 14.9. The fourth-order valence-electron chi connectivity index (χ4n) is 4.12. The van der Waals surface area contributed by atoms with Gasteiger partial charge in [-0.2, -0.15) is 5.26 Å². The maximum Gasteiger partial charge on any atom is 0.335 e. The Morgan fingerprint density at radius 3 is 2.47 bits per heavy atom. The maximum atomic E-state index is 14.9. The van der Waals surface area contributed by atoms with Crippen LogP contribution in [0.1, 0.15) is 59.9 Å². The van der Waals surface area contributed by atoms with Gasteiger partial charge in [-0.3, -0.25) is 4.98 Å². The van der Waals surface area contributed by atoms with Gasteiger partial charge in [0, 0.05) is 17.3 Å². The highest BCUT2D eigenvalue weighted by Crippen LogP contribution is 2.51. The number of halogens is 3. The average molecular weight is 509 g/mol. The Balaban J connectivity index is 1.71. The number of amidine groups is 1. The third kappa shape index (κ3) is 5.21. The number of aromatic carboxylic acids is 1. The zero-order chi connectivity index (χ0) is 26.0. The highest BCUT2D eigenvalue weighted by molar-refractivity contribution is 6.31. The van der Waals surface area contributed by atoms with Crippen LogP contribution in [0.25, 0.3) is 11.1 Å². The minimum atomic E-state index is -1.42. The van der Waals surface area contributed by atoms with E-state index < -0.39 is 29.3 Å². The van der Waals surface area contributed by atoms with Gasteiger partial charge in [-0.05, 0) is 68.1 Å². The Bertz CT molecular complexity index is 1360. The third-order valence-corrected chi connectivity index (χ3v) is 6.69. The van der Waals surface area contributed by atoms with Crippen LogP contribution in [0.2, 0.25) is 5.02 Å². The molecule has 184 valence electrons. The molecule has 9 heteroatoms. The molecule has 0 amide bonds. The van der Waals surface area contributed by atoms with Crippen LogP contribution >= 0.6 is 11.6 Å². The lowest BCUT2D eigenvalue weighted by atomic mass is 9.88. The predicted octanol–water partition coefficient (Wildman–Crippen LogP) is 6.74. The second kappa shape index (κ2) is 10.0. The van der Waals surface area contributed by atoms with Gasteiger partial charge in [0.05, 0.1) is 39.4 Å². The van der Waals surface area contributed by atoms with E-state index in [-0.39, 0.29) is 27.5 Å². The van der Waals surface area contributed by atoms with E-state index >= 15 is 0 Å². The van der Waals surface area contributed by atoms with Gasteiger partial charge in [0.25, 0.3) is 0 Å². The summed E-state index contributed by atoms with van der Waals surface area (Å²) in [5.74, 6) is -2.07. The number of nitrogens with two attached hydrogens (primary N) is 1. The van der Waals surface area contributed by atoms with Crippen molar-refractivity contribution in [1.29, 1.82) is 5.26 Å². The molecule has 1 aliphatic rings. The van der Waals surface area contributed by atoms with Crippen molar-refractivity contribution in [3.8, 4) is 17.2 Å². The Hall–Kier alpha value is -3.83. The summed E-state index contributed by atoms with van der Waals surface area (Å²) >= 11 is 5.95. The number of hydrogen-bond donors (Lipinski definition) is 2. The van der Waals surface area contributed by atoms with Gasteiger partial charge in [0.15, 0.2) is 0 Å². The van der Waals surface area contributed by atoms with E-state index in [4.69, 9.17) is 22.4 Å². The van der Waals surface area contributed by atoms with Crippen LogP contribution in [-0.4, -0.2) is 21.9 Å². The van der Waals surface area contributed by atoms with Crippen molar-refractivity contribution in [3.05, 3.63) is 82.4 Å². The Morgan fingerprint density at radius 2 is 1.94 bits per heavy atom. The topological polar surface area (TPSA) is 112 Å². The summed E-state index contributed by atoms with van der Waals surface area (Å²) in [4.78, 5) is 20.0. The van der Waals surface area contributed by atoms with E-state index in [9.17, 15) is 18.8 Å². The number of nitriles is 1. The smallest absolute Gasteiger partial charge is 0.335 e. The molecule has 4 rings (SSSR count). The summed E-state index contributed by atoms with van der Waals surface area (Å²) < 4.78 is 29.0. The number of rotatable bonds is 8. The molecule has 0 spiro atoms. The molecule has 0 aliphatic heterocycles. The SMILES string of the molecule is CC(F)c1ccc(Cl)c(F)c1-c1ccc(C(CC2(C#N)CC2)C(N)=Nc2ccc(C(=O)O)cc2)nc1. The molecule has 1 aromatic heterocycles. The standard InChI is InChI=1S/C27H23ClF2N4O2/c1-15(29)19-7-8-21(28)24(30)23(19)17-4-9-22(33-13-17)20(12-27(14-31)10-11-27)25(32)34-18-5-2-16(3-6-18)26(35)36/h2-9,13,15,20H,10-12H2,1H3,(H2,32,34)(H,35,36). The number of pyridine rings is 1. The minimum Gasteiger partial charge on any atom is -0.478 e. The lowest BCUT2D eigenvalue weighted by molar-refractivity contribution is 0.0697. The number of carbonyl (C=O) groups is 1. The van der Waals surface area contributed by atoms with Crippen molar-refractivity contribution >= 4 is 29.1 Å². The molecule has 1 fully saturated rings. The largest absolute Gasteiger partial charge is 0.478 e. The van der Waals surface area contributed by atoms with Gasteiger partial charge < -0.3 is 10.8 Å². The van der Waals surface area contributed by atoms with Gasteiger partial charge in [0.2, 0.25) is 0 Å². The molecule has 1 heterocycles. The van der Waals surface area contributed by atoms with Crippen LogP contribution in [-0.2, 0) is 0 Å². The predicted molar refractivity (Wildman–Crippen MR) is 133 cm³/mol. The Morgan fingerprint density at radius 1 is 1.25 bits per heavy atom.